The molecule has 1 aliphatic rings. The average molecular weight is 262 g/mol. The molecule has 1 fully saturated rings. The summed E-state index contributed by atoms with van der Waals surface area (Å²) in [6.07, 6.45) is 5.15. The molecule has 0 radical (unpaired) electrons. The molecule has 0 atom stereocenters. The number of nitrogens with one attached hydrogen (secondary N) is 1. The summed E-state index contributed by atoms with van der Waals surface area (Å²) in [6, 6.07) is 8.98. The van der Waals surface area contributed by atoms with E-state index in [0.717, 1.165) is 19.1 Å². The Labute approximate surface area is 116 Å². The fourth-order valence-corrected chi connectivity index (χ4v) is 3.03. The van der Waals surface area contributed by atoms with E-state index in [1.165, 1.54) is 31.2 Å². The van der Waals surface area contributed by atoms with Crippen LogP contribution in [-0.2, 0) is 6.54 Å². The third kappa shape index (κ3) is 4.22. The van der Waals surface area contributed by atoms with Crippen molar-refractivity contribution in [2.24, 2.45) is 0 Å². The van der Waals surface area contributed by atoms with Crippen molar-refractivity contribution < 1.29 is 5.11 Å². The summed E-state index contributed by atoms with van der Waals surface area (Å²) >= 11 is 0. The number of hydrogen-bond donors (Lipinski definition) is 2. The van der Waals surface area contributed by atoms with Crippen LogP contribution in [0.2, 0.25) is 0 Å². The molecule has 1 saturated carbocycles. The van der Waals surface area contributed by atoms with E-state index in [2.05, 4.69) is 24.2 Å². The topological polar surface area (TPSA) is 35.5 Å². The first kappa shape index (κ1) is 14.4. The van der Waals surface area contributed by atoms with E-state index >= 15 is 0 Å². The van der Waals surface area contributed by atoms with Gasteiger partial charge in [-0.1, -0.05) is 19.1 Å². The van der Waals surface area contributed by atoms with Gasteiger partial charge in [0.1, 0.15) is 5.75 Å². The molecule has 106 valence electrons. The number of benzene rings is 1. The Morgan fingerprint density at radius 3 is 2.37 bits per heavy atom. The molecular formula is C16H26N2O. The van der Waals surface area contributed by atoms with Crippen molar-refractivity contribution >= 4 is 0 Å². The Bertz CT molecular complexity index is 369. The van der Waals surface area contributed by atoms with E-state index < -0.39 is 0 Å². The zero-order chi connectivity index (χ0) is 13.7. The lowest BCUT2D eigenvalue weighted by molar-refractivity contribution is 0.168. The average Bonchev–Trinajstić information content (AvgIpc) is 2.42. The van der Waals surface area contributed by atoms with E-state index in [9.17, 15) is 5.11 Å². The highest BCUT2D eigenvalue weighted by molar-refractivity contribution is 5.25. The Hall–Kier alpha value is -1.06. The quantitative estimate of drug-likeness (QED) is 0.856. The van der Waals surface area contributed by atoms with E-state index in [1.807, 2.05) is 12.1 Å². The zero-order valence-corrected chi connectivity index (χ0v) is 12.1. The Morgan fingerprint density at radius 1 is 1.16 bits per heavy atom. The van der Waals surface area contributed by atoms with Crippen LogP contribution >= 0.6 is 0 Å². The maximum Gasteiger partial charge on any atom is 0.115 e. The number of rotatable bonds is 5. The van der Waals surface area contributed by atoms with Crippen molar-refractivity contribution in [1.82, 2.24) is 10.2 Å². The van der Waals surface area contributed by atoms with Crippen molar-refractivity contribution in [2.45, 2.75) is 51.2 Å². The number of phenols is 1. The van der Waals surface area contributed by atoms with Crippen LogP contribution in [0.5, 0.6) is 5.75 Å². The van der Waals surface area contributed by atoms with E-state index in [0.29, 0.717) is 11.8 Å². The minimum atomic E-state index is 0.345. The zero-order valence-electron chi connectivity index (χ0n) is 12.1. The molecule has 1 aromatic rings. The fraction of sp³-hybridized carbons (Fsp3) is 0.625. The van der Waals surface area contributed by atoms with E-state index in [4.69, 9.17) is 0 Å². The summed E-state index contributed by atoms with van der Waals surface area (Å²) in [7, 11) is 2.21. The Morgan fingerprint density at radius 2 is 1.79 bits per heavy atom. The van der Waals surface area contributed by atoms with Gasteiger partial charge in [-0.25, -0.2) is 0 Å². The SMILES string of the molecule is CCNC1CCC(N(C)Cc2ccc(O)cc2)CC1. The third-order valence-electron chi connectivity index (χ3n) is 4.18. The second-order valence-electron chi connectivity index (χ2n) is 5.64. The van der Waals surface area contributed by atoms with E-state index in [-0.39, 0.29) is 0 Å². The molecule has 19 heavy (non-hydrogen) atoms. The fourth-order valence-electron chi connectivity index (χ4n) is 3.03. The van der Waals surface area contributed by atoms with Crippen LogP contribution in [0.15, 0.2) is 24.3 Å². The summed E-state index contributed by atoms with van der Waals surface area (Å²) in [5.74, 6) is 0.345. The molecule has 0 bridgehead atoms. The molecule has 0 saturated heterocycles. The molecule has 0 amide bonds. The minimum absolute atomic E-state index is 0.345. The lowest BCUT2D eigenvalue weighted by atomic mass is 9.90. The number of nitrogens with zero attached hydrogens (tertiary/aromatic N) is 1. The first-order chi connectivity index (χ1) is 9.19. The first-order valence-electron chi connectivity index (χ1n) is 7.40. The third-order valence-corrected chi connectivity index (χ3v) is 4.18. The minimum Gasteiger partial charge on any atom is -0.508 e. The van der Waals surface area contributed by atoms with Crippen LogP contribution in [0.4, 0.5) is 0 Å². The summed E-state index contributed by atoms with van der Waals surface area (Å²) in [6.45, 7) is 4.23. The molecule has 3 nitrogen and oxygen atoms in total. The van der Waals surface area contributed by atoms with Crippen LogP contribution in [0.25, 0.3) is 0 Å². The van der Waals surface area contributed by atoms with Crippen molar-refractivity contribution in [2.75, 3.05) is 13.6 Å². The van der Waals surface area contributed by atoms with Gasteiger partial charge >= 0.3 is 0 Å². The molecule has 2 N–H and O–H groups in total. The van der Waals surface area contributed by atoms with E-state index in [1.54, 1.807) is 12.1 Å². The van der Waals surface area contributed by atoms with Crippen LogP contribution in [-0.4, -0.2) is 35.7 Å². The van der Waals surface area contributed by atoms with Gasteiger partial charge in [-0.2, -0.15) is 0 Å². The van der Waals surface area contributed by atoms with Crippen LogP contribution in [0, 0.1) is 0 Å². The Kier molecular flexibility index (Phi) is 5.23. The normalized spacial score (nSPS) is 23.7. The van der Waals surface area contributed by atoms with Crippen LogP contribution in [0.1, 0.15) is 38.2 Å². The smallest absolute Gasteiger partial charge is 0.115 e. The van der Waals surface area contributed by atoms with Crippen molar-refractivity contribution in [3.8, 4) is 5.75 Å². The maximum atomic E-state index is 9.30. The molecule has 0 aliphatic heterocycles. The molecule has 3 heteroatoms. The lowest BCUT2D eigenvalue weighted by Crippen LogP contribution is -2.40. The van der Waals surface area contributed by atoms with Crippen molar-refractivity contribution in [3.63, 3.8) is 0 Å². The van der Waals surface area contributed by atoms with Crippen LogP contribution in [0.3, 0.4) is 0 Å². The summed E-state index contributed by atoms with van der Waals surface area (Å²) in [5.41, 5.74) is 1.27. The van der Waals surface area contributed by atoms with Gasteiger partial charge in [-0.15, -0.1) is 0 Å². The van der Waals surface area contributed by atoms with Gasteiger partial charge < -0.3 is 10.4 Å². The largest absolute Gasteiger partial charge is 0.508 e. The molecular weight excluding hydrogens is 236 g/mol. The molecule has 1 aromatic carbocycles. The number of aromatic hydroxyl groups is 1. The van der Waals surface area contributed by atoms with Gasteiger partial charge in [-0.05, 0) is 57.0 Å². The van der Waals surface area contributed by atoms with Gasteiger partial charge in [0.05, 0.1) is 0 Å². The second kappa shape index (κ2) is 6.92. The highest BCUT2D eigenvalue weighted by Gasteiger charge is 2.23. The second-order valence-corrected chi connectivity index (χ2v) is 5.64. The molecule has 0 spiro atoms. The van der Waals surface area contributed by atoms with Crippen LogP contribution < -0.4 is 5.32 Å². The Balaban J connectivity index is 1.81. The highest BCUT2D eigenvalue weighted by atomic mass is 16.3. The van der Waals surface area contributed by atoms with Gasteiger partial charge in [0.2, 0.25) is 0 Å². The summed E-state index contributed by atoms with van der Waals surface area (Å²) in [5, 5.41) is 12.9. The maximum absolute atomic E-state index is 9.30. The first-order valence-corrected chi connectivity index (χ1v) is 7.40. The molecule has 0 aromatic heterocycles. The molecule has 1 aliphatic carbocycles. The predicted molar refractivity (Wildman–Crippen MR) is 79.3 cm³/mol. The molecule has 0 unspecified atom stereocenters. The lowest BCUT2D eigenvalue weighted by Gasteiger charge is -2.35. The predicted octanol–water partition coefficient (Wildman–Crippen LogP) is 2.74. The highest BCUT2D eigenvalue weighted by Crippen LogP contribution is 2.23. The number of hydrogen-bond acceptors (Lipinski definition) is 3. The standard InChI is InChI=1S/C16H26N2O/c1-3-17-14-6-8-15(9-7-14)18(2)12-13-4-10-16(19)11-5-13/h4-5,10-11,14-15,17,19H,3,6-9,12H2,1-2H3. The van der Waals surface area contributed by atoms with Crippen molar-refractivity contribution in [1.29, 1.82) is 0 Å². The van der Waals surface area contributed by atoms with Crippen molar-refractivity contribution in [3.05, 3.63) is 29.8 Å². The molecule has 2 rings (SSSR count). The van der Waals surface area contributed by atoms with Gasteiger partial charge in [0.25, 0.3) is 0 Å². The molecule has 0 heterocycles. The van der Waals surface area contributed by atoms with Gasteiger partial charge in [0.15, 0.2) is 0 Å². The summed E-state index contributed by atoms with van der Waals surface area (Å²) < 4.78 is 0. The van der Waals surface area contributed by atoms with Gasteiger partial charge in [0, 0.05) is 18.6 Å². The number of phenolic OH excluding ortho intramolecular Hbond substituents is 1. The van der Waals surface area contributed by atoms with Gasteiger partial charge in [-0.3, -0.25) is 4.90 Å². The summed E-state index contributed by atoms with van der Waals surface area (Å²) in [4.78, 5) is 2.45. The monoisotopic (exact) mass is 262 g/mol.